The quantitative estimate of drug-likeness (QED) is 0.670. The molecule has 24 heavy (non-hydrogen) atoms. The number of nitrogens with one attached hydrogen (secondary N) is 1. The lowest BCUT2D eigenvalue weighted by Gasteiger charge is -2.20. The first-order valence-electron chi connectivity index (χ1n) is 7.98. The average Bonchev–Trinajstić information content (AvgIpc) is 2.62. The Morgan fingerprint density at radius 2 is 1.25 bits per heavy atom. The highest BCUT2D eigenvalue weighted by Gasteiger charge is 2.12. The molecule has 0 aliphatic rings. The maximum Gasteiger partial charge on any atom is 0.123 e. The molecule has 1 nitrogen and oxygen atoms in total. The molecule has 0 aliphatic heterocycles. The zero-order chi connectivity index (χ0) is 16.8. The Morgan fingerprint density at radius 3 is 1.88 bits per heavy atom. The molecular weight excluding hydrogens is 304 g/mol. The van der Waals surface area contributed by atoms with Crippen LogP contribution in [0.5, 0.6) is 0 Å². The molecular formula is C21H19F2N. The van der Waals surface area contributed by atoms with E-state index in [2.05, 4.69) is 17.4 Å². The first-order valence-corrected chi connectivity index (χ1v) is 7.98. The zero-order valence-electron chi connectivity index (χ0n) is 13.3. The molecule has 0 fully saturated rings. The monoisotopic (exact) mass is 323 g/mol. The van der Waals surface area contributed by atoms with Gasteiger partial charge >= 0.3 is 0 Å². The van der Waals surface area contributed by atoms with Gasteiger partial charge in [0.1, 0.15) is 11.6 Å². The summed E-state index contributed by atoms with van der Waals surface area (Å²) in [4.78, 5) is 0. The molecule has 0 saturated carbocycles. The van der Waals surface area contributed by atoms with Gasteiger partial charge in [0.05, 0.1) is 0 Å². The van der Waals surface area contributed by atoms with Crippen LogP contribution in [0.25, 0.3) is 0 Å². The Kier molecular flexibility index (Phi) is 5.34. The standard InChI is InChI=1S/C21H19F2N/c22-19-10-6-16(7-11-19)14-21(18-8-12-20(23)13-9-18)24-15-17-4-2-1-3-5-17/h1-13,21,24H,14-15H2/t21-/m1/s1. The van der Waals surface area contributed by atoms with E-state index in [9.17, 15) is 8.78 Å². The van der Waals surface area contributed by atoms with Crippen LogP contribution in [0.4, 0.5) is 8.78 Å². The van der Waals surface area contributed by atoms with Crippen molar-refractivity contribution in [2.24, 2.45) is 0 Å². The molecule has 0 saturated heterocycles. The summed E-state index contributed by atoms with van der Waals surface area (Å²) in [5.74, 6) is -0.489. The van der Waals surface area contributed by atoms with E-state index in [0.717, 1.165) is 11.1 Å². The van der Waals surface area contributed by atoms with E-state index in [1.807, 2.05) is 18.2 Å². The highest BCUT2D eigenvalue weighted by molar-refractivity contribution is 5.25. The number of halogens is 2. The molecule has 0 radical (unpaired) electrons. The summed E-state index contributed by atoms with van der Waals surface area (Å²) in [5, 5.41) is 3.52. The molecule has 3 aromatic rings. The van der Waals surface area contributed by atoms with Gasteiger partial charge in [0.15, 0.2) is 0 Å². The van der Waals surface area contributed by atoms with Crippen LogP contribution >= 0.6 is 0 Å². The van der Waals surface area contributed by atoms with Crippen LogP contribution < -0.4 is 5.32 Å². The molecule has 0 aliphatic carbocycles. The van der Waals surface area contributed by atoms with Crippen LogP contribution in [0.15, 0.2) is 78.9 Å². The predicted molar refractivity (Wildman–Crippen MR) is 92.5 cm³/mol. The molecule has 0 unspecified atom stereocenters. The van der Waals surface area contributed by atoms with Crippen LogP contribution in [0.1, 0.15) is 22.7 Å². The lowest BCUT2D eigenvalue weighted by atomic mass is 9.98. The van der Waals surface area contributed by atoms with Gasteiger partial charge in [-0.3, -0.25) is 0 Å². The van der Waals surface area contributed by atoms with Crippen molar-refractivity contribution >= 4 is 0 Å². The summed E-state index contributed by atoms with van der Waals surface area (Å²) in [6.45, 7) is 0.712. The average molecular weight is 323 g/mol. The minimum Gasteiger partial charge on any atom is -0.306 e. The minimum absolute atomic E-state index is 0.0243. The second-order valence-electron chi connectivity index (χ2n) is 5.80. The Balaban J connectivity index is 1.77. The van der Waals surface area contributed by atoms with Gasteiger partial charge in [-0.2, -0.15) is 0 Å². The van der Waals surface area contributed by atoms with Crippen molar-refractivity contribution in [2.75, 3.05) is 0 Å². The largest absolute Gasteiger partial charge is 0.306 e. The van der Waals surface area contributed by atoms with E-state index in [4.69, 9.17) is 0 Å². The van der Waals surface area contributed by atoms with Gasteiger partial charge in [-0.1, -0.05) is 54.6 Å². The molecule has 122 valence electrons. The molecule has 1 N–H and O–H groups in total. The fourth-order valence-electron chi connectivity index (χ4n) is 2.70. The van der Waals surface area contributed by atoms with Gasteiger partial charge in [0, 0.05) is 12.6 Å². The van der Waals surface area contributed by atoms with Crippen molar-refractivity contribution in [3.63, 3.8) is 0 Å². The van der Waals surface area contributed by atoms with Crippen molar-refractivity contribution in [2.45, 2.75) is 19.0 Å². The molecule has 3 heteroatoms. The maximum absolute atomic E-state index is 13.2. The van der Waals surface area contributed by atoms with Crippen molar-refractivity contribution in [1.82, 2.24) is 5.32 Å². The maximum atomic E-state index is 13.2. The van der Waals surface area contributed by atoms with Crippen LogP contribution in [0, 0.1) is 11.6 Å². The second kappa shape index (κ2) is 7.84. The van der Waals surface area contributed by atoms with E-state index < -0.39 is 0 Å². The van der Waals surface area contributed by atoms with Gasteiger partial charge in [0.25, 0.3) is 0 Å². The first-order chi connectivity index (χ1) is 11.7. The van der Waals surface area contributed by atoms with E-state index >= 15 is 0 Å². The van der Waals surface area contributed by atoms with E-state index in [0.29, 0.717) is 13.0 Å². The molecule has 0 heterocycles. The van der Waals surface area contributed by atoms with E-state index in [1.54, 1.807) is 24.3 Å². The van der Waals surface area contributed by atoms with Gasteiger partial charge in [-0.25, -0.2) is 8.78 Å². The Bertz CT molecular complexity index is 752. The number of hydrogen-bond donors (Lipinski definition) is 1. The molecule has 0 bridgehead atoms. The third-order valence-electron chi connectivity index (χ3n) is 4.02. The summed E-state index contributed by atoms with van der Waals surface area (Å²) in [6, 6.07) is 23.2. The molecule has 3 aromatic carbocycles. The fraction of sp³-hybridized carbons (Fsp3) is 0.143. The van der Waals surface area contributed by atoms with E-state index in [-0.39, 0.29) is 17.7 Å². The summed E-state index contributed by atoms with van der Waals surface area (Å²) in [6.07, 6.45) is 0.707. The van der Waals surface area contributed by atoms with Crippen molar-refractivity contribution in [3.05, 3.63) is 107 Å². The highest BCUT2D eigenvalue weighted by atomic mass is 19.1. The minimum atomic E-state index is -0.248. The summed E-state index contributed by atoms with van der Waals surface area (Å²) < 4.78 is 26.3. The SMILES string of the molecule is Fc1ccc(C[C@@H](NCc2ccccc2)c2ccc(F)cc2)cc1. The van der Waals surface area contributed by atoms with Crippen molar-refractivity contribution < 1.29 is 8.78 Å². The van der Waals surface area contributed by atoms with Gasteiger partial charge in [-0.05, 0) is 47.4 Å². The summed E-state index contributed by atoms with van der Waals surface area (Å²) in [5.41, 5.74) is 3.23. The lowest BCUT2D eigenvalue weighted by molar-refractivity contribution is 0.528. The number of hydrogen-bond acceptors (Lipinski definition) is 1. The molecule has 0 spiro atoms. The van der Waals surface area contributed by atoms with Crippen LogP contribution in [0.3, 0.4) is 0 Å². The van der Waals surface area contributed by atoms with E-state index in [1.165, 1.54) is 29.8 Å². The Labute approximate surface area is 141 Å². The Morgan fingerprint density at radius 1 is 0.667 bits per heavy atom. The molecule has 0 amide bonds. The molecule has 3 rings (SSSR count). The highest BCUT2D eigenvalue weighted by Crippen LogP contribution is 2.20. The van der Waals surface area contributed by atoms with Gasteiger partial charge < -0.3 is 5.32 Å². The lowest BCUT2D eigenvalue weighted by Crippen LogP contribution is -2.23. The number of benzene rings is 3. The Hall–Kier alpha value is -2.52. The van der Waals surface area contributed by atoms with Crippen LogP contribution in [0.2, 0.25) is 0 Å². The predicted octanol–water partition coefficient (Wildman–Crippen LogP) is 5.04. The first kappa shape index (κ1) is 16.3. The van der Waals surface area contributed by atoms with Crippen molar-refractivity contribution in [3.8, 4) is 0 Å². The van der Waals surface area contributed by atoms with Crippen LogP contribution in [-0.2, 0) is 13.0 Å². The third kappa shape index (κ3) is 4.49. The summed E-state index contributed by atoms with van der Waals surface area (Å²) >= 11 is 0. The second-order valence-corrected chi connectivity index (χ2v) is 5.80. The zero-order valence-corrected chi connectivity index (χ0v) is 13.3. The molecule has 1 atom stereocenters. The third-order valence-corrected chi connectivity index (χ3v) is 4.02. The number of rotatable bonds is 6. The summed E-state index contributed by atoms with van der Waals surface area (Å²) in [7, 11) is 0. The van der Waals surface area contributed by atoms with Gasteiger partial charge in [0.2, 0.25) is 0 Å². The fourth-order valence-corrected chi connectivity index (χ4v) is 2.70. The normalized spacial score (nSPS) is 12.1. The smallest absolute Gasteiger partial charge is 0.123 e. The topological polar surface area (TPSA) is 12.0 Å². The van der Waals surface area contributed by atoms with Crippen molar-refractivity contribution in [1.29, 1.82) is 0 Å². The van der Waals surface area contributed by atoms with Crippen LogP contribution in [-0.4, -0.2) is 0 Å². The molecule has 0 aromatic heterocycles. The van der Waals surface area contributed by atoms with Gasteiger partial charge in [-0.15, -0.1) is 0 Å².